The maximum Gasteiger partial charge on any atom is 0.115 e. The van der Waals surface area contributed by atoms with Gasteiger partial charge in [0.2, 0.25) is 0 Å². The van der Waals surface area contributed by atoms with Gasteiger partial charge in [-0.15, -0.1) is 0 Å². The molecule has 1 aromatic rings. The molecule has 0 saturated heterocycles. The molecule has 2 atom stereocenters. The zero-order valence-electron chi connectivity index (χ0n) is 11.9. The van der Waals surface area contributed by atoms with Crippen LogP contribution in [-0.2, 0) is 0 Å². The summed E-state index contributed by atoms with van der Waals surface area (Å²) in [5.74, 6) is 0.339. The summed E-state index contributed by atoms with van der Waals surface area (Å²) in [5, 5.41) is 9.52. The highest BCUT2D eigenvalue weighted by Gasteiger charge is 2.27. The van der Waals surface area contributed by atoms with Gasteiger partial charge in [-0.1, -0.05) is 32.9 Å². The summed E-state index contributed by atoms with van der Waals surface area (Å²) in [6.45, 7) is 11.2. The largest absolute Gasteiger partial charge is 0.508 e. The molecular formula is C15H25NO. The van der Waals surface area contributed by atoms with E-state index in [0.29, 0.717) is 17.8 Å². The molecule has 0 spiro atoms. The standard InChI is InChI=1S/C15H25NO/c1-11(13-8-7-9-14(17)10-13)16(6)12(2)15(3,4)5/h7-12,17H,1-6H3. The molecule has 0 bridgehead atoms. The molecule has 0 aliphatic rings. The van der Waals surface area contributed by atoms with Gasteiger partial charge in [-0.3, -0.25) is 4.90 Å². The zero-order valence-corrected chi connectivity index (χ0v) is 11.9. The van der Waals surface area contributed by atoms with Crippen molar-refractivity contribution >= 4 is 0 Å². The summed E-state index contributed by atoms with van der Waals surface area (Å²) in [7, 11) is 2.14. The number of rotatable bonds is 3. The van der Waals surface area contributed by atoms with Gasteiger partial charge in [0, 0.05) is 12.1 Å². The van der Waals surface area contributed by atoms with Gasteiger partial charge in [0.15, 0.2) is 0 Å². The Hall–Kier alpha value is -1.02. The Morgan fingerprint density at radius 3 is 2.24 bits per heavy atom. The van der Waals surface area contributed by atoms with Gasteiger partial charge < -0.3 is 5.11 Å². The summed E-state index contributed by atoms with van der Waals surface area (Å²) >= 11 is 0. The second-order valence-corrected chi connectivity index (χ2v) is 5.98. The molecule has 2 unspecified atom stereocenters. The van der Waals surface area contributed by atoms with Crippen molar-refractivity contribution in [2.75, 3.05) is 7.05 Å². The SMILES string of the molecule is CC(c1cccc(O)c1)N(C)C(C)C(C)(C)C. The first-order valence-electron chi connectivity index (χ1n) is 6.24. The number of nitrogens with zero attached hydrogens (tertiary/aromatic N) is 1. The third-order valence-corrected chi connectivity index (χ3v) is 3.83. The molecule has 2 nitrogen and oxygen atoms in total. The van der Waals surface area contributed by atoms with Gasteiger partial charge in [0.1, 0.15) is 5.75 Å². The van der Waals surface area contributed by atoms with Crippen LogP contribution < -0.4 is 0 Å². The van der Waals surface area contributed by atoms with Crippen molar-refractivity contribution in [1.82, 2.24) is 4.90 Å². The second-order valence-electron chi connectivity index (χ2n) is 5.98. The topological polar surface area (TPSA) is 23.5 Å². The van der Waals surface area contributed by atoms with Crippen molar-refractivity contribution in [3.05, 3.63) is 29.8 Å². The fourth-order valence-corrected chi connectivity index (χ4v) is 1.97. The monoisotopic (exact) mass is 235 g/mol. The Bertz CT molecular complexity index is 367. The van der Waals surface area contributed by atoms with Gasteiger partial charge >= 0.3 is 0 Å². The summed E-state index contributed by atoms with van der Waals surface area (Å²) in [5.41, 5.74) is 1.41. The predicted octanol–water partition coefficient (Wildman–Crippen LogP) is 3.82. The van der Waals surface area contributed by atoms with E-state index in [9.17, 15) is 5.11 Å². The van der Waals surface area contributed by atoms with E-state index >= 15 is 0 Å². The molecule has 0 amide bonds. The van der Waals surface area contributed by atoms with Gasteiger partial charge in [0.25, 0.3) is 0 Å². The molecule has 0 aliphatic carbocycles. The highest BCUT2D eigenvalue weighted by atomic mass is 16.3. The van der Waals surface area contributed by atoms with Crippen LogP contribution in [-0.4, -0.2) is 23.1 Å². The summed E-state index contributed by atoms with van der Waals surface area (Å²) in [6, 6.07) is 8.30. The van der Waals surface area contributed by atoms with Crippen LogP contribution >= 0.6 is 0 Å². The highest BCUT2D eigenvalue weighted by Crippen LogP contribution is 2.30. The highest BCUT2D eigenvalue weighted by molar-refractivity contribution is 5.29. The van der Waals surface area contributed by atoms with Crippen LogP contribution in [0, 0.1) is 5.41 Å². The van der Waals surface area contributed by atoms with Crippen molar-refractivity contribution in [3.63, 3.8) is 0 Å². The Labute approximate surface area is 105 Å². The van der Waals surface area contributed by atoms with Crippen LogP contribution in [0.2, 0.25) is 0 Å². The van der Waals surface area contributed by atoms with E-state index in [4.69, 9.17) is 0 Å². The first kappa shape index (κ1) is 14.0. The molecule has 0 fully saturated rings. The van der Waals surface area contributed by atoms with E-state index in [1.807, 2.05) is 12.1 Å². The quantitative estimate of drug-likeness (QED) is 0.861. The van der Waals surface area contributed by atoms with E-state index in [1.165, 1.54) is 0 Å². The maximum atomic E-state index is 9.52. The lowest BCUT2D eigenvalue weighted by atomic mass is 9.86. The van der Waals surface area contributed by atoms with Crippen LogP contribution in [0.25, 0.3) is 0 Å². The van der Waals surface area contributed by atoms with E-state index < -0.39 is 0 Å². The van der Waals surface area contributed by atoms with Crippen molar-refractivity contribution in [2.24, 2.45) is 5.41 Å². The fraction of sp³-hybridized carbons (Fsp3) is 0.600. The summed E-state index contributed by atoms with van der Waals surface area (Å²) in [6.07, 6.45) is 0. The first-order valence-corrected chi connectivity index (χ1v) is 6.24. The average Bonchev–Trinajstić information content (AvgIpc) is 2.25. The first-order chi connectivity index (χ1) is 7.73. The maximum absolute atomic E-state index is 9.52. The van der Waals surface area contributed by atoms with Crippen molar-refractivity contribution in [1.29, 1.82) is 0 Å². The van der Waals surface area contributed by atoms with Crippen LogP contribution in [0.3, 0.4) is 0 Å². The van der Waals surface area contributed by atoms with Crippen LogP contribution in [0.1, 0.15) is 46.2 Å². The second kappa shape index (κ2) is 5.09. The van der Waals surface area contributed by atoms with E-state index in [-0.39, 0.29) is 5.41 Å². The molecule has 1 rings (SSSR count). The van der Waals surface area contributed by atoms with Gasteiger partial charge in [-0.2, -0.15) is 0 Å². The Morgan fingerprint density at radius 2 is 1.76 bits per heavy atom. The minimum atomic E-state index is 0.250. The molecule has 96 valence electrons. The molecule has 0 heterocycles. The van der Waals surface area contributed by atoms with E-state index in [0.717, 1.165) is 5.56 Å². The van der Waals surface area contributed by atoms with E-state index in [1.54, 1.807) is 6.07 Å². The lowest BCUT2D eigenvalue weighted by Gasteiger charge is -2.39. The molecule has 0 saturated carbocycles. The number of aromatic hydroxyl groups is 1. The van der Waals surface area contributed by atoms with Crippen molar-refractivity contribution in [2.45, 2.75) is 46.7 Å². The lowest BCUT2D eigenvalue weighted by molar-refractivity contribution is 0.104. The summed E-state index contributed by atoms with van der Waals surface area (Å²) in [4.78, 5) is 2.36. The number of hydrogen-bond acceptors (Lipinski definition) is 2. The zero-order chi connectivity index (χ0) is 13.2. The predicted molar refractivity (Wildman–Crippen MR) is 73.2 cm³/mol. The number of phenolic OH excluding ortho intramolecular Hbond substituents is 1. The van der Waals surface area contributed by atoms with Crippen molar-refractivity contribution in [3.8, 4) is 5.75 Å². The van der Waals surface area contributed by atoms with Crippen molar-refractivity contribution < 1.29 is 5.11 Å². The molecule has 0 radical (unpaired) electrons. The Morgan fingerprint density at radius 1 is 1.18 bits per heavy atom. The Balaban J connectivity index is 2.86. The van der Waals surface area contributed by atoms with Gasteiger partial charge in [-0.05, 0) is 44.0 Å². The normalized spacial score (nSPS) is 15.9. The Kier molecular flexibility index (Phi) is 4.21. The molecule has 2 heteroatoms. The molecule has 0 aliphatic heterocycles. The van der Waals surface area contributed by atoms with Crippen LogP contribution in [0.15, 0.2) is 24.3 Å². The molecule has 0 aromatic heterocycles. The smallest absolute Gasteiger partial charge is 0.115 e. The van der Waals surface area contributed by atoms with Gasteiger partial charge in [0.05, 0.1) is 0 Å². The molecule has 17 heavy (non-hydrogen) atoms. The summed E-state index contributed by atoms with van der Waals surface area (Å²) < 4.78 is 0. The number of benzene rings is 1. The lowest BCUT2D eigenvalue weighted by Crippen LogP contribution is -2.40. The van der Waals surface area contributed by atoms with Crippen LogP contribution in [0.4, 0.5) is 0 Å². The average molecular weight is 235 g/mol. The molecule has 1 aromatic carbocycles. The minimum Gasteiger partial charge on any atom is -0.508 e. The van der Waals surface area contributed by atoms with Gasteiger partial charge in [-0.25, -0.2) is 0 Å². The fourth-order valence-electron chi connectivity index (χ4n) is 1.97. The molecule has 1 N–H and O–H groups in total. The van der Waals surface area contributed by atoms with Crippen LogP contribution in [0.5, 0.6) is 5.75 Å². The van der Waals surface area contributed by atoms with E-state index in [2.05, 4.69) is 52.6 Å². The number of phenols is 1. The minimum absolute atomic E-state index is 0.250. The number of hydrogen-bond donors (Lipinski definition) is 1. The third kappa shape index (κ3) is 3.47. The molecular weight excluding hydrogens is 210 g/mol. The third-order valence-electron chi connectivity index (χ3n) is 3.83.